The van der Waals surface area contributed by atoms with Crippen LogP contribution in [0.3, 0.4) is 0 Å². The molecule has 3 rings (SSSR count). The Labute approximate surface area is 125 Å². The number of fused-ring (bicyclic) bond motifs is 1. The van der Waals surface area contributed by atoms with Crippen molar-refractivity contribution in [3.63, 3.8) is 0 Å². The molecule has 2 heterocycles. The maximum atomic E-state index is 5.85. The zero-order valence-electron chi connectivity index (χ0n) is 12.5. The summed E-state index contributed by atoms with van der Waals surface area (Å²) in [5.41, 5.74) is 2.32. The Morgan fingerprint density at radius 3 is 2.81 bits per heavy atom. The lowest BCUT2D eigenvalue weighted by atomic mass is 10.1. The summed E-state index contributed by atoms with van der Waals surface area (Å²) in [6.07, 6.45) is 8.59. The van der Waals surface area contributed by atoms with E-state index in [1.54, 1.807) is 12.7 Å². The van der Waals surface area contributed by atoms with Crippen LogP contribution in [0.5, 0.6) is 5.75 Å². The van der Waals surface area contributed by atoms with E-state index in [0.717, 1.165) is 24.5 Å². The number of nitrogens with zero attached hydrogens (tertiary/aromatic N) is 4. The second-order valence-corrected chi connectivity index (χ2v) is 5.55. The first kappa shape index (κ1) is 14.1. The minimum atomic E-state index is 0.700. The Balaban J connectivity index is 1.65. The highest BCUT2D eigenvalue weighted by molar-refractivity contribution is 5.44. The first-order valence-corrected chi connectivity index (χ1v) is 7.70. The quantitative estimate of drug-likeness (QED) is 0.766. The molecule has 0 amide bonds. The zero-order chi connectivity index (χ0) is 14.5. The Kier molecular flexibility index (Phi) is 4.50. The van der Waals surface area contributed by atoms with Crippen molar-refractivity contribution >= 4 is 0 Å². The van der Waals surface area contributed by atoms with Crippen LogP contribution in [0, 0.1) is 0 Å². The van der Waals surface area contributed by atoms with Crippen LogP contribution in [0.2, 0.25) is 0 Å². The van der Waals surface area contributed by atoms with Gasteiger partial charge in [-0.3, -0.25) is 9.47 Å². The van der Waals surface area contributed by atoms with Crippen molar-refractivity contribution in [3.05, 3.63) is 36.4 Å². The van der Waals surface area contributed by atoms with Crippen LogP contribution < -0.4 is 4.74 Å². The van der Waals surface area contributed by atoms with Gasteiger partial charge in [0.25, 0.3) is 0 Å². The van der Waals surface area contributed by atoms with Crippen LogP contribution in [-0.4, -0.2) is 32.9 Å². The molecule has 1 aromatic carbocycles. The standard InChI is InChI=1S/C16H22N4O/c1-2-3-4-5-8-19-10-14-9-15(20-11-17-18-12-20)6-7-16(14)21-13-19/h6-7,9,11-12H,2-5,8,10,13H2,1H3. The van der Waals surface area contributed by atoms with E-state index in [9.17, 15) is 0 Å². The monoisotopic (exact) mass is 286 g/mol. The van der Waals surface area contributed by atoms with Gasteiger partial charge in [0, 0.05) is 24.3 Å². The topological polar surface area (TPSA) is 43.2 Å². The van der Waals surface area contributed by atoms with Gasteiger partial charge < -0.3 is 4.74 Å². The van der Waals surface area contributed by atoms with Gasteiger partial charge in [-0.05, 0) is 24.6 Å². The van der Waals surface area contributed by atoms with Gasteiger partial charge in [0.2, 0.25) is 0 Å². The van der Waals surface area contributed by atoms with Crippen LogP contribution in [0.25, 0.3) is 5.69 Å². The molecule has 5 nitrogen and oxygen atoms in total. The number of unbranched alkanes of at least 4 members (excludes halogenated alkanes) is 3. The minimum absolute atomic E-state index is 0.700. The fourth-order valence-electron chi connectivity index (χ4n) is 2.68. The third-order valence-electron chi connectivity index (χ3n) is 3.89. The summed E-state index contributed by atoms with van der Waals surface area (Å²) >= 11 is 0. The molecular formula is C16H22N4O. The summed E-state index contributed by atoms with van der Waals surface area (Å²) in [4.78, 5) is 2.37. The second kappa shape index (κ2) is 6.72. The molecule has 0 N–H and O–H groups in total. The highest BCUT2D eigenvalue weighted by atomic mass is 16.5. The first-order chi connectivity index (χ1) is 10.4. The first-order valence-electron chi connectivity index (χ1n) is 7.70. The van der Waals surface area contributed by atoms with E-state index in [1.165, 1.54) is 31.2 Å². The summed E-state index contributed by atoms with van der Waals surface area (Å²) in [7, 11) is 0. The van der Waals surface area contributed by atoms with Crippen molar-refractivity contribution in [1.29, 1.82) is 0 Å². The van der Waals surface area contributed by atoms with Gasteiger partial charge in [0.05, 0.1) is 0 Å². The van der Waals surface area contributed by atoms with E-state index in [-0.39, 0.29) is 0 Å². The summed E-state index contributed by atoms with van der Waals surface area (Å²) in [5, 5.41) is 7.71. The van der Waals surface area contributed by atoms with Gasteiger partial charge in [-0.1, -0.05) is 26.2 Å². The molecule has 112 valence electrons. The van der Waals surface area contributed by atoms with Crippen LogP contribution in [0.1, 0.15) is 38.2 Å². The van der Waals surface area contributed by atoms with E-state index in [2.05, 4.69) is 28.1 Å². The average Bonchev–Trinajstić information content (AvgIpc) is 3.05. The smallest absolute Gasteiger partial charge is 0.142 e. The average molecular weight is 286 g/mol. The predicted molar refractivity (Wildman–Crippen MR) is 81.4 cm³/mol. The van der Waals surface area contributed by atoms with E-state index in [4.69, 9.17) is 4.74 Å². The maximum absolute atomic E-state index is 5.85. The largest absolute Gasteiger partial charge is 0.478 e. The lowest BCUT2D eigenvalue weighted by Gasteiger charge is -2.29. The van der Waals surface area contributed by atoms with Crippen molar-refractivity contribution in [3.8, 4) is 11.4 Å². The molecule has 21 heavy (non-hydrogen) atoms. The van der Waals surface area contributed by atoms with Gasteiger partial charge in [0.1, 0.15) is 25.1 Å². The van der Waals surface area contributed by atoms with Crippen LogP contribution >= 0.6 is 0 Å². The van der Waals surface area contributed by atoms with Gasteiger partial charge in [-0.2, -0.15) is 0 Å². The molecule has 0 bridgehead atoms. The van der Waals surface area contributed by atoms with Crippen molar-refractivity contribution in [1.82, 2.24) is 19.7 Å². The summed E-state index contributed by atoms with van der Waals surface area (Å²) in [6.45, 7) is 5.01. The van der Waals surface area contributed by atoms with Crippen molar-refractivity contribution in [2.75, 3.05) is 13.3 Å². The zero-order valence-corrected chi connectivity index (χ0v) is 12.5. The molecule has 0 saturated heterocycles. The van der Waals surface area contributed by atoms with E-state index in [1.807, 2.05) is 16.7 Å². The summed E-state index contributed by atoms with van der Waals surface area (Å²) in [6, 6.07) is 6.25. The highest BCUT2D eigenvalue weighted by Gasteiger charge is 2.17. The third kappa shape index (κ3) is 3.42. The molecule has 2 aromatic rings. The molecule has 0 aliphatic carbocycles. The normalized spacial score (nSPS) is 14.7. The Bertz CT molecular complexity index is 568. The van der Waals surface area contributed by atoms with Gasteiger partial charge in [-0.15, -0.1) is 10.2 Å². The lowest BCUT2D eigenvalue weighted by Crippen LogP contribution is -2.32. The lowest BCUT2D eigenvalue weighted by molar-refractivity contribution is 0.0935. The van der Waals surface area contributed by atoms with Gasteiger partial charge in [-0.25, -0.2) is 0 Å². The number of ether oxygens (including phenoxy) is 1. The third-order valence-corrected chi connectivity index (χ3v) is 3.89. The Morgan fingerprint density at radius 1 is 1.14 bits per heavy atom. The fourth-order valence-corrected chi connectivity index (χ4v) is 2.68. The molecule has 1 aromatic heterocycles. The molecular weight excluding hydrogens is 264 g/mol. The van der Waals surface area contributed by atoms with E-state index >= 15 is 0 Å². The number of hydrogen-bond acceptors (Lipinski definition) is 4. The molecule has 0 fully saturated rings. The van der Waals surface area contributed by atoms with E-state index in [0.29, 0.717) is 6.73 Å². The molecule has 0 unspecified atom stereocenters. The van der Waals surface area contributed by atoms with E-state index < -0.39 is 0 Å². The van der Waals surface area contributed by atoms with Crippen LogP contribution in [0.4, 0.5) is 0 Å². The van der Waals surface area contributed by atoms with Crippen LogP contribution in [0.15, 0.2) is 30.9 Å². The fraction of sp³-hybridized carbons (Fsp3) is 0.500. The molecule has 0 saturated carbocycles. The Morgan fingerprint density at radius 2 is 2.00 bits per heavy atom. The summed E-state index contributed by atoms with van der Waals surface area (Å²) < 4.78 is 7.77. The number of rotatable bonds is 6. The Hall–Kier alpha value is -1.88. The van der Waals surface area contributed by atoms with Crippen molar-refractivity contribution < 1.29 is 4.74 Å². The number of aromatic nitrogens is 3. The van der Waals surface area contributed by atoms with Crippen LogP contribution in [-0.2, 0) is 6.54 Å². The molecule has 5 heteroatoms. The molecule has 0 atom stereocenters. The molecule has 0 spiro atoms. The van der Waals surface area contributed by atoms with Gasteiger partial charge in [0.15, 0.2) is 0 Å². The maximum Gasteiger partial charge on any atom is 0.142 e. The minimum Gasteiger partial charge on any atom is -0.478 e. The molecule has 0 radical (unpaired) electrons. The second-order valence-electron chi connectivity index (χ2n) is 5.55. The molecule has 1 aliphatic rings. The predicted octanol–water partition coefficient (Wildman–Crippen LogP) is 3.00. The summed E-state index contributed by atoms with van der Waals surface area (Å²) in [5.74, 6) is 0.997. The highest BCUT2D eigenvalue weighted by Crippen LogP contribution is 2.27. The SMILES string of the molecule is CCCCCCN1COc2ccc(-n3cnnc3)cc2C1. The number of benzene rings is 1. The van der Waals surface area contributed by atoms with Crippen molar-refractivity contribution in [2.24, 2.45) is 0 Å². The van der Waals surface area contributed by atoms with Crippen molar-refractivity contribution in [2.45, 2.75) is 39.2 Å². The molecule has 1 aliphatic heterocycles. The number of hydrogen-bond donors (Lipinski definition) is 0. The van der Waals surface area contributed by atoms with Gasteiger partial charge >= 0.3 is 0 Å².